The van der Waals surface area contributed by atoms with Gasteiger partial charge in [-0.1, -0.05) is 12.1 Å². The van der Waals surface area contributed by atoms with Crippen LogP contribution in [-0.2, 0) is 10.0 Å². The summed E-state index contributed by atoms with van der Waals surface area (Å²) in [4.78, 5) is 0.213. The van der Waals surface area contributed by atoms with E-state index in [2.05, 4.69) is 20.0 Å². The summed E-state index contributed by atoms with van der Waals surface area (Å²) in [7, 11) is -0.486. The normalized spacial score (nSPS) is 11.5. The fraction of sp³-hybridized carbons (Fsp3) is 0.227. The molecule has 0 aliphatic carbocycles. The summed E-state index contributed by atoms with van der Waals surface area (Å²) in [6.45, 7) is 2.01. The number of methoxy groups -OCH3 is 2. The van der Waals surface area contributed by atoms with E-state index in [9.17, 15) is 8.42 Å². The second kappa shape index (κ2) is 9.43. The van der Waals surface area contributed by atoms with Crippen molar-refractivity contribution in [2.45, 2.75) is 11.8 Å². The zero-order chi connectivity index (χ0) is 23.4. The van der Waals surface area contributed by atoms with Gasteiger partial charge in [0.05, 0.1) is 24.7 Å². The fourth-order valence-electron chi connectivity index (χ4n) is 3.20. The molecule has 172 valence electrons. The number of sulfonamides is 1. The lowest BCUT2D eigenvalue weighted by molar-refractivity contribution is 0.306. The first kappa shape index (κ1) is 22.5. The highest BCUT2D eigenvalue weighted by Crippen LogP contribution is 2.32. The third kappa shape index (κ3) is 4.89. The number of ether oxygens (including phenoxy) is 3. The maximum Gasteiger partial charge on any atom is 0.240 e. The highest BCUT2D eigenvalue weighted by Gasteiger charge is 2.16. The molecule has 11 heteroatoms. The molecule has 0 aliphatic rings. The van der Waals surface area contributed by atoms with Crippen LogP contribution in [-0.4, -0.2) is 55.6 Å². The number of hydrogen-bond acceptors (Lipinski definition) is 8. The van der Waals surface area contributed by atoms with Gasteiger partial charge in [-0.25, -0.2) is 13.1 Å². The largest absolute Gasteiger partial charge is 0.497 e. The van der Waals surface area contributed by atoms with Crippen LogP contribution in [0.1, 0.15) is 5.56 Å². The number of fused-ring (bicyclic) bond motifs is 1. The van der Waals surface area contributed by atoms with Gasteiger partial charge in [-0.05, 0) is 42.8 Å². The van der Waals surface area contributed by atoms with Crippen molar-refractivity contribution in [1.29, 1.82) is 0 Å². The Labute approximate surface area is 191 Å². The van der Waals surface area contributed by atoms with E-state index >= 15 is 0 Å². The van der Waals surface area contributed by atoms with Gasteiger partial charge in [-0.15, -0.1) is 15.3 Å². The van der Waals surface area contributed by atoms with Gasteiger partial charge in [0.25, 0.3) is 0 Å². The molecule has 0 saturated heterocycles. The Balaban J connectivity index is 1.48. The molecule has 2 aromatic carbocycles. The molecule has 0 bridgehead atoms. The topological polar surface area (TPSA) is 117 Å². The fourth-order valence-corrected chi connectivity index (χ4v) is 4.32. The van der Waals surface area contributed by atoms with Crippen LogP contribution < -0.4 is 18.9 Å². The van der Waals surface area contributed by atoms with E-state index < -0.39 is 10.0 Å². The minimum absolute atomic E-state index is 0.0807. The van der Waals surface area contributed by atoms with Crippen LogP contribution in [0.4, 0.5) is 0 Å². The SMILES string of the molecule is COc1ccc(-c2nnc3ccc(OCCNS(=O)(=O)c4cccc(C)c4)nn23)c(OC)c1. The van der Waals surface area contributed by atoms with Crippen LogP contribution in [0.5, 0.6) is 17.4 Å². The van der Waals surface area contributed by atoms with E-state index in [1.54, 1.807) is 56.7 Å². The van der Waals surface area contributed by atoms with Crippen molar-refractivity contribution < 1.29 is 22.6 Å². The molecule has 4 aromatic rings. The van der Waals surface area contributed by atoms with Crippen LogP contribution >= 0.6 is 0 Å². The van der Waals surface area contributed by atoms with Crippen LogP contribution in [0.25, 0.3) is 17.0 Å². The third-order valence-corrected chi connectivity index (χ3v) is 6.29. The molecule has 0 fully saturated rings. The van der Waals surface area contributed by atoms with Gasteiger partial charge in [0, 0.05) is 18.7 Å². The molecule has 0 unspecified atom stereocenters. The Morgan fingerprint density at radius 1 is 1.00 bits per heavy atom. The Hall–Kier alpha value is -3.70. The molecule has 33 heavy (non-hydrogen) atoms. The van der Waals surface area contributed by atoms with E-state index in [1.165, 1.54) is 4.52 Å². The molecule has 10 nitrogen and oxygen atoms in total. The standard InChI is InChI=1S/C22H23N5O5S/c1-15-5-4-6-17(13-15)33(28,29)23-11-12-32-21-10-9-20-24-25-22(27(20)26-21)18-8-7-16(30-2)14-19(18)31-3/h4-10,13-14,23H,11-12H2,1-3H3. The molecule has 2 aromatic heterocycles. The summed E-state index contributed by atoms with van der Waals surface area (Å²) in [5, 5.41) is 12.8. The van der Waals surface area contributed by atoms with Crippen LogP contribution in [0.15, 0.2) is 59.5 Å². The van der Waals surface area contributed by atoms with Crippen molar-refractivity contribution >= 4 is 15.7 Å². The minimum Gasteiger partial charge on any atom is -0.497 e. The molecule has 4 rings (SSSR count). The number of hydrogen-bond donors (Lipinski definition) is 1. The zero-order valence-corrected chi connectivity index (χ0v) is 19.2. The Morgan fingerprint density at radius 2 is 1.85 bits per heavy atom. The maximum atomic E-state index is 12.4. The molecule has 0 amide bonds. The summed E-state index contributed by atoms with van der Waals surface area (Å²) in [6, 6.07) is 15.4. The summed E-state index contributed by atoms with van der Waals surface area (Å²) in [5.41, 5.74) is 2.07. The predicted molar refractivity (Wildman–Crippen MR) is 121 cm³/mol. The van der Waals surface area contributed by atoms with E-state index in [-0.39, 0.29) is 18.0 Å². The first-order valence-electron chi connectivity index (χ1n) is 10.1. The Kier molecular flexibility index (Phi) is 6.43. The van der Waals surface area contributed by atoms with Gasteiger partial charge < -0.3 is 14.2 Å². The van der Waals surface area contributed by atoms with Gasteiger partial charge in [0.15, 0.2) is 11.5 Å². The van der Waals surface area contributed by atoms with Gasteiger partial charge in [-0.2, -0.15) is 4.52 Å². The molecule has 1 N–H and O–H groups in total. The molecule has 0 saturated carbocycles. The lowest BCUT2D eigenvalue weighted by Crippen LogP contribution is -2.28. The van der Waals surface area contributed by atoms with Crippen molar-refractivity contribution in [3.05, 3.63) is 60.2 Å². The van der Waals surface area contributed by atoms with E-state index in [0.29, 0.717) is 34.4 Å². The number of rotatable bonds is 9. The number of aryl methyl sites for hydroxylation is 1. The molecule has 0 atom stereocenters. The van der Waals surface area contributed by atoms with Gasteiger partial charge >= 0.3 is 0 Å². The molecular formula is C22H23N5O5S. The van der Waals surface area contributed by atoms with Gasteiger partial charge in [0.1, 0.15) is 18.1 Å². The van der Waals surface area contributed by atoms with Crippen LogP contribution in [0, 0.1) is 6.92 Å². The molecule has 0 spiro atoms. The van der Waals surface area contributed by atoms with Crippen LogP contribution in [0.3, 0.4) is 0 Å². The highest BCUT2D eigenvalue weighted by atomic mass is 32.2. The third-order valence-electron chi connectivity index (χ3n) is 4.83. The number of nitrogens with one attached hydrogen (secondary N) is 1. The van der Waals surface area contributed by atoms with Crippen molar-refractivity contribution in [3.63, 3.8) is 0 Å². The Bertz CT molecular complexity index is 1390. The summed E-state index contributed by atoms with van der Waals surface area (Å²) >= 11 is 0. The average molecular weight is 470 g/mol. The highest BCUT2D eigenvalue weighted by molar-refractivity contribution is 7.89. The van der Waals surface area contributed by atoms with Crippen molar-refractivity contribution in [2.75, 3.05) is 27.4 Å². The number of benzene rings is 2. The number of aromatic nitrogens is 4. The second-order valence-corrected chi connectivity index (χ2v) is 8.86. The molecule has 0 aliphatic heterocycles. The van der Waals surface area contributed by atoms with E-state index in [0.717, 1.165) is 5.56 Å². The second-order valence-electron chi connectivity index (χ2n) is 7.09. The quantitative estimate of drug-likeness (QED) is 0.372. The average Bonchev–Trinajstić information content (AvgIpc) is 3.24. The summed E-state index contributed by atoms with van der Waals surface area (Å²) < 4.78 is 45.3. The van der Waals surface area contributed by atoms with Crippen molar-refractivity contribution in [2.24, 2.45) is 0 Å². The Morgan fingerprint density at radius 3 is 2.61 bits per heavy atom. The first-order valence-corrected chi connectivity index (χ1v) is 11.5. The summed E-state index contributed by atoms with van der Waals surface area (Å²) in [6.07, 6.45) is 0. The molecule has 0 radical (unpaired) electrons. The minimum atomic E-state index is -3.62. The predicted octanol–water partition coefficient (Wildman–Crippen LogP) is 2.47. The van der Waals surface area contributed by atoms with Gasteiger partial charge in [-0.3, -0.25) is 0 Å². The molecular weight excluding hydrogens is 446 g/mol. The lowest BCUT2D eigenvalue weighted by Gasteiger charge is -2.10. The monoisotopic (exact) mass is 469 g/mol. The lowest BCUT2D eigenvalue weighted by atomic mass is 10.2. The van der Waals surface area contributed by atoms with E-state index in [1.807, 2.05) is 19.1 Å². The van der Waals surface area contributed by atoms with Crippen molar-refractivity contribution in [1.82, 2.24) is 24.5 Å². The van der Waals surface area contributed by atoms with Crippen LogP contribution in [0.2, 0.25) is 0 Å². The first-order chi connectivity index (χ1) is 15.9. The van der Waals surface area contributed by atoms with Crippen molar-refractivity contribution in [3.8, 4) is 28.8 Å². The van der Waals surface area contributed by atoms with Gasteiger partial charge in [0.2, 0.25) is 15.9 Å². The maximum absolute atomic E-state index is 12.4. The zero-order valence-electron chi connectivity index (χ0n) is 18.3. The molecule has 2 heterocycles. The number of nitrogens with zero attached hydrogens (tertiary/aromatic N) is 4. The smallest absolute Gasteiger partial charge is 0.240 e. The van der Waals surface area contributed by atoms with E-state index in [4.69, 9.17) is 14.2 Å². The summed E-state index contributed by atoms with van der Waals surface area (Å²) in [5.74, 6) is 1.97.